The maximum atomic E-state index is 15.1. The molecule has 190 valence electrons. The van der Waals surface area contributed by atoms with E-state index in [4.69, 9.17) is 4.52 Å². The number of benzene rings is 2. The highest BCUT2D eigenvalue weighted by molar-refractivity contribution is 5.79. The van der Waals surface area contributed by atoms with Crippen LogP contribution in [-0.4, -0.2) is 42.0 Å². The lowest BCUT2D eigenvalue weighted by Crippen LogP contribution is -2.46. The second-order valence-corrected chi connectivity index (χ2v) is 8.87. The van der Waals surface area contributed by atoms with Crippen LogP contribution in [0.25, 0.3) is 22.9 Å². The summed E-state index contributed by atoms with van der Waals surface area (Å²) in [5, 5.41) is 18.4. The van der Waals surface area contributed by atoms with Crippen LogP contribution in [0.2, 0.25) is 0 Å². The lowest BCUT2D eigenvalue weighted by atomic mass is 9.94. The quantitative estimate of drug-likeness (QED) is 0.356. The molecule has 38 heavy (non-hydrogen) atoms. The average molecular weight is 514 g/mol. The minimum Gasteiger partial charge on any atom is -0.480 e. The molecule has 0 radical (unpaired) electrons. The molecule has 1 aliphatic rings. The SMILES string of the molecule is O=C(O)C1Cc2ccccc2CN1c1nc(-c2cc(-c3ccon3)n(Cc3ccccc3F)n2)ncc1F. The van der Waals surface area contributed by atoms with Crippen molar-refractivity contribution < 1.29 is 23.2 Å². The number of rotatable bonds is 6. The maximum Gasteiger partial charge on any atom is 0.326 e. The van der Waals surface area contributed by atoms with E-state index in [0.717, 1.165) is 17.3 Å². The molecule has 1 unspecified atom stereocenters. The summed E-state index contributed by atoms with van der Waals surface area (Å²) in [7, 11) is 0. The summed E-state index contributed by atoms with van der Waals surface area (Å²) in [5.74, 6) is -2.27. The van der Waals surface area contributed by atoms with Gasteiger partial charge in [0.05, 0.1) is 18.4 Å². The molecule has 1 atom stereocenters. The van der Waals surface area contributed by atoms with E-state index in [1.54, 1.807) is 30.3 Å². The van der Waals surface area contributed by atoms with Crippen LogP contribution in [0.3, 0.4) is 0 Å². The summed E-state index contributed by atoms with van der Waals surface area (Å²) in [6.45, 7) is 0.263. The van der Waals surface area contributed by atoms with E-state index < -0.39 is 17.8 Å². The molecule has 9 nitrogen and oxygen atoms in total. The van der Waals surface area contributed by atoms with E-state index in [2.05, 4.69) is 20.2 Å². The molecule has 5 aromatic rings. The highest BCUT2D eigenvalue weighted by Crippen LogP contribution is 2.31. The average Bonchev–Trinajstić information content (AvgIpc) is 3.60. The van der Waals surface area contributed by atoms with Crippen molar-refractivity contribution in [1.29, 1.82) is 0 Å². The molecule has 1 N–H and O–H groups in total. The molecule has 4 heterocycles. The maximum absolute atomic E-state index is 15.1. The van der Waals surface area contributed by atoms with Crippen LogP contribution in [0.5, 0.6) is 0 Å². The van der Waals surface area contributed by atoms with E-state index in [0.29, 0.717) is 17.0 Å². The van der Waals surface area contributed by atoms with Crippen molar-refractivity contribution >= 4 is 11.8 Å². The lowest BCUT2D eigenvalue weighted by Gasteiger charge is -2.35. The number of halogens is 2. The number of fused-ring (bicyclic) bond motifs is 1. The molecule has 1 aliphatic heterocycles. The molecule has 0 saturated heterocycles. The number of carboxylic acids is 1. The molecule has 3 aromatic heterocycles. The Morgan fingerprint density at radius 2 is 1.82 bits per heavy atom. The van der Waals surface area contributed by atoms with Gasteiger partial charge in [0.25, 0.3) is 0 Å². The molecule has 0 bridgehead atoms. The Balaban J connectivity index is 1.42. The molecule has 6 rings (SSSR count). The van der Waals surface area contributed by atoms with Gasteiger partial charge in [0.1, 0.15) is 29.5 Å². The van der Waals surface area contributed by atoms with Crippen molar-refractivity contribution in [2.45, 2.75) is 25.6 Å². The Kier molecular flexibility index (Phi) is 5.87. The van der Waals surface area contributed by atoms with Crippen LogP contribution in [0.4, 0.5) is 14.6 Å². The molecule has 0 aliphatic carbocycles. The molecule has 0 spiro atoms. The third kappa shape index (κ3) is 4.27. The fourth-order valence-corrected chi connectivity index (χ4v) is 4.63. The second kappa shape index (κ2) is 9.51. The van der Waals surface area contributed by atoms with Crippen LogP contribution in [0, 0.1) is 11.6 Å². The summed E-state index contributed by atoms with van der Waals surface area (Å²) >= 11 is 0. The monoisotopic (exact) mass is 514 g/mol. The number of aliphatic carboxylic acids is 1. The summed E-state index contributed by atoms with van der Waals surface area (Å²) < 4.78 is 36.0. The van der Waals surface area contributed by atoms with Gasteiger partial charge in [-0.1, -0.05) is 47.6 Å². The number of hydrogen-bond acceptors (Lipinski definition) is 7. The highest BCUT2D eigenvalue weighted by atomic mass is 19.1. The van der Waals surface area contributed by atoms with Gasteiger partial charge in [-0.05, 0) is 23.3 Å². The van der Waals surface area contributed by atoms with E-state index >= 15 is 4.39 Å². The van der Waals surface area contributed by atoms with Gasteiger partial charge in [-0.2, -0.15) is 5.10 Å². The fourth-order valence-electron chi connectivity index (χ4n) is 4.63. The normalized spacial score (nSPS) is 14.9. The van der Waals surface area contributed by atoms with Crippen molar-refractivity contribution in [2.75, 3.05) is 4.90 Å². The first kappa shape index (κ1) is 23.5. The first-order valence-corrected chi connectivity index (χ1v) is 11.8. The third-order valence-corrected chi connectivity index (χ3v) is 6.52. The number of carboxylic acid groups (broad SMARTS) is 1. The Morgan fingerprint density at radius 1 is 1.03 bits per heavy atom. The minimum atomic E-state index is -1.08. The van der Waals surface area contributed by atoms with Crippen molar-refractivity contribution in [1.82, 2.24) is 24.9 Å². The number of aromatic nitrogens is 5. The number of carbonyl (C=O) groups is 1. The second-order valence-electron chi connectivity index (χ2n) is 8.87. The van der Waals surface area contributed by atoms with Gasteiger partial charge in [0.2, 0.25) is 0 Å². The largest absolute Gasteiger partial charge is 0.480 e. The van der Waals surface area contributed by atoms with E-state index in [9.17, 15) is 14.3 Å². The van der Waals surface area contributed by atoms with Gasteiger partial charge in [-0.25, -0.2) is 23.5 Å². The smallest absolute Gasteiger partial charge is 0.326 e. The minimum absolute atomic E-state index is 0.0847. The van der Waals surface area contributed by atoms with Gasteiger partial charge >= 0.3 is 5.97 Å². The highest BCUT2D eigenvalue weighted by Gasteiger charge is 2.34. The molecule has 0 amide bonds. The Hall–Kier alpha value is -4.93. The zero-order valence-electron chi connectivity index (χ0n) is 19.8. The summed E-state index contributed by atoms with van der Waals surface area (Å²) in [6, 6.07) is 16.1. The first-order valence-electron chi connectivity index (χ1n) is 11.8. The molecule has 0 fully saturated rings. The number of anilines is 1. The molecule has 2 aromatic carbocycles. The Morgan fingerprint density at radius 3 is 2.58 bits per heavy atom. The topological polar surface area (TPSA) is 110 Å². The summed E-state index contributed by atoms with van der Waals surface area (Å²) in [4.78, 5) is 22.1. The Labute approximate surface area is 215 Å². The van der Waals surface area contributed by atoms with Crippen LogP contribution in [0.1, 0.15) is 16.7 Å². The fraction of sp³-hybridized carbons (Fsp3) is 0.148. The predicted octanol–water partition coefficient (Wildman–Crippen LogP) is 4.34. The van der Waals surface area contributed by atoms with Crippen molar-refractivity contribution in [2.24, 2.45) is 0 Å². The van der Waals surface area contributed by atoms with Crippen molar-refractivity contribution in [3.63, 3.8) is 0 Å². The summed E-state index contributed by atoms with van der Waals surface area (Å²) in [5.41, 5.74) is 3.46. The molecule has 0 saturated carbocycles. The predicted molar refractivity (Wildman–Crippen MR) is 132 cm³/mol. The van der Waals surface area contributed by atoms with E-state index in [-0.39, 0.29) is 42.7 Å². The van der Waals surface area contributed by atoms with E-state index in [1.807, 2.05) is 24.3 Å². The van der Waals surface area contributed by atoms with Crippen molar-refractivity contribution in [3.8, 4) is 22.9 Å². The third-order valence-electron chi connectivity index (χ3n) is 6.52. The number of hydrogen-bond donors (Lipinski definition) is 1. The molecular weight excluding hydrogens is 494 g/mol. The standard InChI is InChI=1S/C27H20F2N6O3/c28-19-8-4-3-7-18(19)15-35-23(21-9-10-38-33-21)12-22(32-35)25-30-13-20(29)26(31-25)34-14-17-6-2-1-5-16(17)11-24(34)27(36)37/h1-10,12-13,24H,11,14-15H2,(H,36,37). The summed E-state index contributed by atoms with van der Waals surface area (Å²) in [6.07, 6.45) is 2.61. The Bertz CT molecular complexity index is 1640. The van der Waals surface area contributed by atoms with E-state index in [1.165, 1.54) is 21.9 Å². The zero-order chi connectivity index (χ0) is 26.2. The molecular formula is C27H20F2N6O3. The number of nitrogens with zero attached hydrogens (tertiary/aromatic N) is 6. The van der Waals surface area contributed by atoms with Crippen LogP contribution >= 0.6 is 0 Å². The first-order chi connectivity index (χ1) is 18.5. The lowest BCUT2D eigenvalue weighted by molar-refractivity contribution is -0.138. The van der Waals surface area contributed by atoms with Gasteiger partial charge in [-0.3, -0.25) is 4.68 Å². The zero-order valence-corrected chi connectivity index (χ0v) is 19.8. The van der Waals surface area contributed by atoms with Gasteiger partial charge in [0.15, 0.2) is 17.5 Å². The van der Waals surface area contributed by atoms with Gasteiger partial charge in [0, 0.05) is 24.6 Å². The van der Waals surface area contributed by atoms with Gasteiger partial charge < -0.3 is 14.5 Å². The van der Waals surface area contributed by atoms with Crippen LogP contribution in [0.15, 0.2) is 77.6 Å². The van der Waals surface area contributed by atoms with Crippen LogP contribution in [-0.2, 0) is 24.3 Å². The molecule has 11 heteroatoms. The van der Waals surface area contributed by atoms with Crippen LogP contribution < -0.4 is 4.90 Å². The van der Waals surface area contributed by atoms with Gasteiger partial charge in [-0.15, -0.1) is 0 Å². The van der Waals surface area contributed by atoms with Crippen molar-refractivity contribution in [3.05, 3.63) is 101 Å².